The Balaban J connectivity index is 0.000000815. The molecule has 0 N–H and O–H groups in total. The van der Waals surface area contributed by atoms with Gasteiger partial charge in [0.15, 0.2) is 0 Å². The van der Waals surface area contributed by atoms with Crippen LogP contribution in [-0.2, 0) is 15.5 Å². The highest BCUT2D eigenvalue weighted by Gasteiger charge is 2.50. The van der Waals surface area contributed by atoms with E-state index in [0.29, 0.717) is 0 Å². The maximum atomic E-state index is 13.1. The molecular weight excluding hydrogens is 559 g/mol. The Morgan fingerprint density at radius 1 is 1.21 bits per heavy atom. The number of benzene rings is 1. The van der Waals surface area contributed by atoms with Crippen LogP contribution in [0.4, 0.5) is 5.69 Å². The quantitative estimate of drug-likeness (QED) is 0.169. The average Bonchev–Trinajstić information content (AvgIpc) is 3.48. The molecule has 0 amide bonds. The molecule has 0 radical (unpaired) electrons. The van der Waals surface area contributed by atoms with Gasteiger partial charge in [0.25, 0.3) is 5.69 Å². The summed E-state index contributed by atoms with van der Waals surface area (Å²) in [5.74, 6) is 0. The Bertz CT molecular complexity index is 666. The zero-order valence-corrected chi connectivity index (χ0v) is 18.1. The van der Waals surface area contributed by atoms with Gasteiger partial charge in [-0.1, -0.05) is 0 Å². The smallest absolute Gasteiger partial charge is 0.298 e. The van der Waals surface area contributed by atoms with E-state index in [4.69, 9.17) is 4.52 Å². The van der Waals surface area contributed by atoms with Crippen molar-refractivity contribution in [1.82, 2.24) is 9.34 Å². The Hall–Kier alpha value is 0.190. The molecule has 0 spiro atoms. The van der Waals surface area contributed by atoms with Crippen LogP contribution in [-0.4, -0.2) is 40.4 Å². The second-order valence-corrected chi connectivity index (χ2v) is 8.35. The topological polar surface area (TPSA) is 75.5 Å². The van der Waals surface area contributed by atoms with E-state index in [1.807, 2.05) is 9.34 Å². The normalized spacial score (nSPS) is 23.0. The number of halogens is 2. The van der Waals surface area contributed by atoms with Crippen molar-refractivity contribution in [2.24, 2.45) is 0 Å². The van der Waals surface area contributed by atoms with E-state index in [2.05, 4.69) is 37.2 Å². The summed E-state index contributed by atoms with van der Waals surface area (Å²) in [6, 6.07) is 4.91. The third-order valence-electron chi connectivity index (χ3n) is 4.42. The van der Waals surface area contributed by atoms with Crippen LogP contribution < -0.4 is 0 Å². The monoisotopic (exact) mass is 577 g/mol. The second-order valence-electron chi connectivity index (χ2n) is 6.02. The Labute approximate surface area is 164 Å². The van der Waals surface area contributed by atoms with Crippen molar-refractivity contribution in [3.8, 4) is 0 Å². The highest BCUT2D eigenvalue weighted by Crippen LogP contribution is 2.64. The SMILES string of the molecule is II.O=[N+]([O-])c1ccc2c(c1)CCCC2OP(=O)(N1CC1)N1CC1. The first-order valence-corrected chi connectivity index (χ1v) is 15.6. The lowest BCUT2D eigenvalue weighted by Gasteiger charge is -2.30. The van der Waals surface area contributed by atoms with Gasteiger partial charge in [0.2, 0.25) is 0 Å². The summed E-state index contributed by atoms with van der Waals surface area (Å²) >= 11 is 4.24. The van der Waals surface area contributed by atoms with E-state index >= 15 is 0 Å². The number of nitro groups is 1. The van der Waals surface area contributed by atoms with Crippen LogP contribution in [0, 0.1) is 10.1 Å². The number of aryl methyl sites for hydroxylation is 1. The third kappa shape index (κ3) is 3.96. The van der Waals surface area contributed by atoms with Gasteiger partial charge in [-0.3, -0.25) is 19.2 Å². The zero-order valence-electron chi connectivity index (χ0n) is 12.9. The summed E-state index contributed by atoms with van der Waals surface area (Å²) in [6.07, 6.45) is 2.31. The maximum Gasteiger partial charge on any atom is 0.346 e. The minimum Gasteiger partial charge on any atom is -0.298 e. The van der Waals surface area contributed by atoms with E-state index in [0.717, 1.165) is 56.6 Å². The van der Waals surface area contributed by atoms with Crippen LogP contribution in [0.2, 0.25) is 0 Å². The lowest BCUT2D eigenvalue weighted by Crippen LogP contribution is -2.16. The van der Waals surface area contributed by atoms with Crippen LogP contribution in [0.15, 0.2) is 18.2 Å². The fraction of sp³-hybridized carbons (Fsp3) is 0.571. The lowest BCUT2D eigenvalue weighted by atomic mass is 9.89. The largest absolute Gasteiger partial charge is 0.346 e. The minimum absolute atomic E-state index is 0.111. The number of nitro benzene ring substituents is 1. The van der Waals surface area contributed by atoms with Crippen LogP contribution in [0.1, 0.15) is 30.1 Å². The Morgan fingerprint density at radius 3 is 2.38 bits per heavy atom. The lowest BCUT2D eigenvalue weighted by molar-refractivity contribution is -0.384. The van der Waals surface area contributed by atoms with Gasteiger partial charge >= 0.3 is 7.67 Å². The number of rotatable bonds is 5. The Morgan fingerprint density at radius 2 is 1.83 bits per heavy atom. The zero-order chi connectivity index (χ0) is 17.3. The standard InChI is InChI=1S/C14H18N3O4P.I2/c18-17(19)12-4-5-13-11(10-12)2-1-3-14(13)21-22(20,15-6-7-15)16-8-9-16;1-2/h4-5,10,14H,1-3,6-9H2;. The second kappa shape index (κ2) is 7.83. The van der Waals surface area contributed by atoms with Crippen molar-refractivity contribution in [3.05, 3.63) is 39.4 Å². The molecule has 1 aliphatic carbocycles. The molecule has 2 heterocycles. The van der Waals surface area contributed by atoms with Gasteiger partial charge < -0.3 is 0 Å². The van der Waals surface area contributed by atoms with Gasteiger partial charge in [-0.15, -0.1) is 0 Å². The number of non-ortho nitro benzene ring substituents is 1. The summed E-state index contributed by atoms with van der Waals surface area (Å²) in [6.45, 7) is 3.31. The molecule has 3 aliphatic rings. The molecule has 4 rings (SSSR count). The van der Waals surface area contributed by atoms with Gasteiger partial charge in [-0.2, -0.15) is 0 Å². The molecule has 1 unspecified atom stereocenters. The average molecular weight is 577 g/mol. The van der Waals surface area contributed by atoms with Gasteiger partial charge in [-0.25, -0.2) is 9.34 Å². The summed E-state index contributed by atoms with van der Waals surface area (Å²) in [4.78, 5) is 10.5. The molecule has 2 saturated heterocycles. The van der Waals surface area contributed by atoms with Crippen molar-refractivity contribution < 1.29 is 14.0 Å². The molecule has 0 saturated carbocycles. The van der Waals surface area contributed by atoms with Crippen molar-refractivity contribution in [1.29, 1.82) is 0 Å². The molecule has 10 heteroatoms. The fourth-order valence-electron chi connectivity index (χ4n) is 3.05. The molecular formula is C14H18I2N3O4P. The predicted molar refractivity (Wildman–Crippen MR) is 109 cm³/mol. The molecule has 2 aliphatic heterocycles. The van der Waals surface area contributed by atoms with Gasteiger partial charge in [-0.05, 0) is 36.5 Å². The van der Waals surface area contributed by atoms with Gasteiger partial charge in [0.05, 0.1) is 11.0 Å². The van der Waals surface area contributed by atoms with Crippen molar-refractivity contribution >= 4 is 50.6 Å². The Kier molecular flexibility index (Phi) is 6.19. The molecule has 1 aromatic rings. The van der Waals surface area contributed by atoms with Crippen molar-refractivity contribution in [2.75, 3.05) is 26.2 Å². The minimum atomic E-state index is -2.86. The summed E-state index contributed by atoms with van der Waals surface area (Å²) < 4.78 is 23.0. The van der Waals surface area contributed by atoms with E-state index < -0.39 is 7.67 Å². The molecule has 7 nitrogen and oxygen atoms in total. The van der Waals surface area contributed by atoms with E-state index in [-0.39, 0.29) is 16.7 Å². The highest BCUT2D eigenvalue weighted by atomic mass is 128. The van der Waals surface area contributed by atoms with Gasteiger partial charge in [0, 0.05) is 75.5 Å². The molecule has 0 bridgehead atoms. The van der Waals surface area contributed by atoms with Crippen LogP contribution in [0.5, 0.6) is 0 Å². The molecule has 2 fully saturated rings. The van der Waals surface area contributed by atoms with Crippen LogP contribution >= 0.6 is 44.9 Å². The number of fused-ring (bicyclic) bond motifs is 1. The molecule has 24 heavy (non-hydrogen) atoms. The summed E-state index contributed by atoms with van der Waals surface area (Å²) in [5, 5.41) is 10.9. The van der Waals surface area contributed by atoms with E-state index in [1.165, 1.54) is 6.07 Å². The van der Waals surface area contributed by atoms with E-state index in [1.54, 1.807) is 12.1 Å². The predicted octanol–water partition coefficient (Wildman–Crippen LogP) is 4.50. The van der Waals surface area contributed by atoms with Crippen LogP contribution in [0.3, 0.4) is 0 Å². The molecule has 1 atom stereocenters. The van der Waals surface area contributed by atoms with Crippen molar-refractivity contribution in [2.45, 2.75) is 25.4 Å². The fourth-order valence-corrected chi connectivity index (χ4v) is 5.42. The van der Waals surface area contributed by atoms with Crippen LogP contribution in [0.25, 0.3) is 0 Å². The highest BCUT2D eigenvalue weighted by molar-refractivity contribution is 15.0. The first-order chi connectivity index (χ1) is 11.6. The van der Waals surface area contributed by atoms with Gasteiger partial charge in [0.1, 0.15) is 0 Å². The number of hydrogen-bond donors (Lipinski definition) is 0. The summed E-state index contributed by atoms with van der Waals surface area (Å²) in [5.41, 5.74) is 2.02. The number of hydrogen-bond acceptors (Lipinski definition) is 4. The third-order valence-corrected chi connectivity index (χ3v) is 7.18. The maximum absolute atomic E-state index is 13.1. The first-order valence-electron chi connectivity index (χ1n) is 7.79. The van der Waals surface area contributed by atoms with E-state index in [9.17, 15) is 14.7 Å². The molecule has 132 valence electrons. The molecule has 1 aromatic carbocycles. The first kappa shape index (κ1) is 19.0. The number of nitrogens with zero attached hydrogens (tertiary/aromatic N) is 3. The molecule has 0 aromatic heterocycles. The van der Waals surface area contributed by atoms with Crippen molar-refractivity contribution in [3.63, 3.8) is 0 Å². The summed E-state index contributed by atoms with van der Waals surface area (Å²) in [7, 11) is -2.86.